The number of ether oxygens (including phenoxy) is 1. The monoisotopic (exact) mass is 393 g/mol. The first kappa shape index (κ1) is 22.1. The van der Waals surface area contributed by atoms with E-state index in [1.807, 2.05) is 20.8 Å². The summed E-state index contributed by atoms with van der Waals surface area (Å²) in [4.78, 5) is 4.87. The standard InChI is InChI=1S/C21H35NO4Si/c1-7-24-27(25-8-2,26-9-3)16-13-18-12-10-11-17(4)19(18)20-22-21(5,6)14-15-23-20/h10-12H,7-9,13-16H2,1-6H3. The van der Waals surface area contributed by atoms with Crippen molar-refractivity contribution in [2.75, 3.05) is 26.4 Å². The minimum absolute atomic E-state index is 0.0897. The molecule has 6 heteroatoms. The van der Waals surface area contributed by atoms with Crippen molar-refractivity contribution < 1.29 is 18.0 Å². The Balaban J connectivity index is 2.31. The lowest BCUT2D eigenvalue weighted by Gasteiger charge is -2.30. The van der Waals surface area contributed by atoms with Gasteiger partial charge in [-0.1, -0.05) is 18.2 Å². The Morgan fingerprint density at radius 3 is 2.26 bits per heavy atom. The van der Waals surface area contributed by atoms with Crippen molar-refractivity contribution in [3.05, 3.63) is 34.9 Å². The highest BCUT2D eigenvalue weighted by molar-refractivity contribution is 6.60. The molecule has 1 aromatic rings. The van der Waals surface area contributed by atoms with E-state index in [-0.39, 0.29) is 5.54 Å². The van der Waals surface area contributed by atoms with Crippen molar-refractivity contribution in [2.24, 2.45) is 4.99 Å². The first-order valence-corrected chi connectivity index (χ1v) is 12.0. The fourth-order valence-electron chi connectivity index (χ4n) is 3.42. The highest BCUT2D eigenvalue weighted by Gasteiger charge is 2.40. The molecule has 0 fully saturated rings. The van der Waals surface area contributed by atoms with Crippen LogP contribution in [0.15, 0.2) is 23.2 Å². The van der Waals surface area contributed by atoms with E-state index >= 15 is 0 Å². The number of hydrogen-bond acceptors (Lipinski definition) is 5. The Morgan fingerprint density at radius 2 is 1.70 bits per heavy atom. The van der Waals surface area contributed by atoms with Crippen molar-refractivity contribution in [1.82, 2.24) is 0 Å². The lowest BCUT2D eigenvalue weighted by atomic mass is 9.96. The summed E-state index contributed by atoms with van der Waals surface area (Å²) < 4.78 is 24.0. The lowest BCUT2D eigenvalue weighted by Crippen LogP contribution is -2.46. The highest BCUT2D eigenvalue weighted by atomic mass is 28.4. The van der Waals surface area contributed by atoms with E-state index in [1.54, 1.807) is 0 Å². The van der Waals surface area contributed by atoms with Crippen LogP contribution in [-0.4, -0.2) is 46.7 Å². The average molecular weight is 394 g/mol. The predicted molar refractivity (Wildman–Crippen MR) is 112 cm³/mol. The second-order valence-electron chi connectivity index (χ2n) is 7.42. The minimum Gasteiger partial charge on any atom is -0.477 e. The molecule has 0 bridgehead atoms. The van der Waals surface area contributed by atoms with Crippen molar-refractivity contribution >= 4 is 14.7 Å². The number of aryl methyl sites for hydroxylation is 2. The van der Waals surface area contributed by atoms with Crippen LogP contribution >= 0.6 is 0 Å². The summed E-state index contributed by atoms with van der Waals surface area (Å²) in [6.07, 6.45) is 1.75. The van der Waals surface area contributed by atoms with Gasteiger partial charge in [0.1, 0.15) is 0 Å². The molecule has 0 N–H and O–H groups in total. The molecule has 0 unspecified atom stereocenters. The van der Waals surface area contributed by atoms with Gasteiger partial charge < -0.3 is 18.0 Å². The Morgan fingerprint density at radius 1 is 1.07 bits per heavy atom. The van der Waals surface area contributed by atoms with Gasteiger partial charge in [-0.05, 0) is 59.1 Å². The minimum atomic E-state index is -2.68. The van der Waals surface area contributed by atoms with Gasteiger partial charge in [0.15, 0.2) is 0 Å². The van der Waals surface area contributed by atoms with Crippen molar-refractivity contribution in [3.8, 4) is 0 Å². The van der Waals surface area contributed by atoms with Gasteiger partial charge in [0.25, 0.3) is 0 Å². The van der Waals surface area contributed by atoms with Crippen LogP contribution in [0.5, 0.6) is 0 Å². The van der Waals surface area contributed by atoms with E-state index in [9.17, 15) is 0 Å². The molecule has 152 valence electrons. The molecule has 0 aliphatic carbocycles. The smallest absolute Gasteiger partial charge is 0.477 e. The van der Waals surface area contributed by atoms with Crippen LogP contribution in [-0.2, 0) is 24.4 Å². The van der Waals surface area contributed by atoms with E-state index in [2.05, 4.69) is 39.0 Å². The Bertz CT molecular complexity index is 628. The number of benzene rings is 1. The van der Waals surface area contributed by atoms with Gasteiger partial charge in [-0.3, -0.25) is 0 Å². The van der Waals surface area contributed by atoms with Gasteiger partial charge in [-0.15, -0.1) is 0 Å². The van der Waals surface area contributed by atoms with E-state index in [1.165, 1.54) is 11.1 Å². The Hall–Kier alpha value is -1.21. The lowest BCUT2D eigenvalue weighted by molar-refractivity contribution is 0.0714. The van der Waals surface area contributed by atoms with Gasteiger partial charge in [-0.2, -0.15) is 0 Å². The normalized spacial score (nSPS) is 16.7. The van der Waals surface area contributed by atoms with Gasteiger partial charge >= 0.3 is 8.80 Å². The summed E-state index contributed by atoms with van der Waals surface area (Å²) in [6.45, 7) is 14.9. The summed E-state index contributed by atoms with van der Waals surface area (Å²) in [5.41, 5.74) is 3.41. The van der Waals surface area contributed by atoms with Crippen molar-refractivity contribution in [2.45, 2.75) is 66.0 Å². The van der Waals surface area contributed by atoms with Gasteiger partial charge in [-0.25, -0.2) is 4.99 Å². The molecule has 0 radical (unpaired) electrons. The maximum absolute atomic E-state index is 6.01. The molecule has 0 saturated carbocycles. The van der Waals surface area contributed by atoms with E-state index in [0.29, 0.717) is 26.4 Å². The molecule has 0 saturated heterocycles. The molecule has 1 heterocycles. The maximum atomic E-state index is 6.01. The van der Waals surface area contributed by atoms with E-state index in [4.69, 9.17) is 23.0 Å². The van der Waals surface area contributed by atoms with Gasteiger partial charge in [0, 0.05) is 37.8 Å². The second kappa shape index (κ2) is 9.82. The molecule has 1 aromatic carbocycles. The molecular formula is C21H35NO4Si. The Labute approximate surface area is 165 Å². The summed E-state index contributed by atoms with van der Waals surface area (Å²) >= 11 is 0. The number of aliphatic imine (C=N–C) groups is 1. The molecule has 0 spiro atoms. The SMILES string of the molecule is CCO[Si](CCc1cccc(C)c1C1=NC(C)(C)CCO1)(OCC)OCC. The van der Waals surface area contributed by atoms with Crippen LogP contribution in [0.1, 0.15) is 57.7 Å². The zero-order valence-electron chi connectivity index (χ0n) is 17.8. The fourth-order valence-corrected chi connectivity index (χ4v) is 6.00. The highest BCUT2D eigenvalue weighted by Crippen LogP contribution is 2.27. The van der Waals surface area contributed by atoms with Crippen LogP contribution < -0.4 is 0 Å². The zero-order valence-corrected chi connectivity index (χ0v) is 18.8. The third-order valence-electron chi connectivity index (χ3n) is 4.72. The zero-order chi connectivity index (χ0) is 19.9. The largest absolute Gasteiger partial charge is 0.501 e. The molecule has 0 amide bonds. The van der Waals surface area contributed by atoms with Crippen molar-refractivity contribution in [3.63, 3.8) is 0 Å². The second-order valence-corrected chi connectivity index (χ2v) is 10.2. The third-order valence-corrected chi connectivity index (χ3v) is 7.77. The first-order valence-electron chi connectivity index (χ1n) is 10.1. The van der Waals surface area contributed by atoms with Crippen molar-refractivity contribution in [1.29, 1.82) is 0 Å². The van der Waals surface area contributed by atoms with Crippen LogP contribution in [0.2, 0.25) is 6.04 Å². The summed E-state index contributed by atoms with van der Waals surface area (Å²) in [6, 6.07) is 7.10. The molecule has 1 aliphatic heterocycles. The van der Waals surface area contributed by atoms with Crippen LogP contribution in [0.4, 0.5) is 0 Å². The van der Waals surface area contributed by atoms with Crippen LogP contribution in [0.3, 0.4) is 0 Å². The number of hydrogen-bond donors (Lipinski definition) is 0. The first-order chi connectivity index (χ1) is 12.9. The molecule has 1 aliphatic rings. The molecule has 5 nitrogen and oxygen atoms in total. The average Bonchev–Trinajstić information content (AvgIpc) is 2.60. The van der Waals surface area contributed by atoms with Crippen LogP contribution in [0, 0.1) is 6.92 Å². The van der Waals surface area contributed by atoms with E-state index in [0.717, 1.165) is 30.3 Å². The summed E-state index contributed by atoms with van der Waals surface area (Å²) in [7, 11) is -2.68. The fraction of sp³-hybridized carbons (Fsp3) is 0.667. The molecule has 0 atom stereocenters. The third kappa shape index (κ3) is 5.88. The number of nitrogens with zero attached hydrogens (tertiary/aromatic N) is 1. The Kier molecular flexibility index (Phi) is 8.03. The molecule has 0 aromatic heterocycles. The summed E-state index contributed by atoms with van der Waals surface area (Å²) in [5, 5.41) is 0. The molecular weight excluding hydrogens is 358 g/mol. The maximum Gasteiger partial charge on any atom is 0.501 e. The predicted octanol–water partition coefficient (Wildman–Crippen LogP) is 4.53. The molecule has 2 rings (SSSR count). The molecule has 27 heavy (non-hydrogen) atoms. The number of rotatable bonds is 10. The quantitative estimate of drug-likeness (QED) is 0.548. The van der Waals surface area contributed by atoms with Crippen LogP contribution in [0.25, 0.3) is 0 Å². The topological polar surface area (TPSA) is 49.3 Å². The van der Waals surface area contributed by atoms with E-state index < -0.39 is 8.80 Å². The van der Waals surface area contributed by atoms with Gasteiger partial charge in [0.2, 0.25) is 5.90 Å². The summed E-state index contributed by atoms with van der Waals surface area (Å²) in [5.74, 6) is 0.760. The van der Waals surface area contributed by atoms with Gasteiger partial charge in [0.05, 0.1) is 12.1 Å².